The maximum Gasteiger partial charge on any atom is 0.271 e. The Morgan fingerprint density at radius 3 is 2.18 bits per heavy atom. The maximum atomic E-state index is 12.8. The molecule has 2 rings (SSSR count). The Balaban J connectivity index is 2.06. The van der Waals surface area contributed by atoms with Crippen molar-refractivity contribution in [1.29, 1.82) is 0 Å². The normalized spacial score (nSPS) is 11.1. The number of non-ortho nitro benzene ring substituents is 1. The fraction of sp³-hybridized carbons (Fsp3) is 0.0667. The van der Waals surface area contributed by atoms with Crippen LogP contribution in [0.3, 0.4) is 0 Å². The van der Waals surface area contributed by atoms with Crippen LogP contribution in [0.5, 0.6) is 0 Å². The van der Waals surface area contributed by atoms with Crippen molar-refractivity contribution in [2.24, 2.45) is 5.10 Å². The fourth-order valence-electron chi connectivity index (χ4n) is 1.69. The topological polar surface area (TPSA) is 84.6 Å². The quantitative estimate of drug-likeness (QED) is 0.535. The van der Waals surface area contributed by atoms with Crippen molar-refractivity contribution in [3.8, 4) is 0 Å². The van der Waals surface area contributed by atoms with Gasteiger partial charge in [0, 0.05) is 17.7 Å². The number of nitrogens with one attached hydrogen (secondary N) is 1. The highest BCUT2D eigenvalue weighted by molar-refractivity contribution is 6.00. The van der Waals surface area contributed by atoms with Gasteiger partial charge in [-0.2, -0.15) is 5.10 Å². The molecule has 0 bridgehead atoms. The van der Waals surface area contributed by atoms with Crippen molar-refractivity contribution in [3.05, 3.63) is 75.6 Å². The van der Waals surface area contributed by atoms with Crippen molar-refractivity contribution in [2.45, 2.75) is 6.92 Å². The third-order valence-corrected chi connectivity index (χ3v) is 2.93. The molecule has 1 N–H and O–H groups in total. The number of hydrazone groups is 1. The summed E-state index contributed by atoms with van der Waals surface area (Å²) in [6.07, 6.45) is 0. The lowest BCUT2D eigenvalue weighted by atomic mass is 10.1. The zero-order valence-corrected chi connectivity index (χ0v) is 11.6. The van der Waals surface area contributed by atoms with E-state index < -0.39 is 10.8 Å². The molecule has 0 aliphatic carbocycles. The van der Waals surface area contributed by atoms with Gasteiger partial charge in [-0.3, -0.25) is 14.9 Å². The molecule has 0 aromatic heterocycles. The smallest absolute Gasteiger partial charge is 0.267 e. The monoisotopic (exact) mass is 301 g/mol. The highest BCUT2D eigenvalue weighted by Gasteiger charge is 2.09. The van der Waals surface area contributed by atoms with Crippen LogP contribution in [0, 0.1) is 15.9 Å². The van der Waals surface area contributed by atoms with E-state index in [2.05, 4.69) is 10.5 Å². The summed E-state index contributed by atoms with van der Waals surface area (Å²) in [5.41, 5.74) is 3.68. The number of carbonyl (C=O) groups excluding carboxylic acids is 1. The SMILES string of the molecule is C/C(=N/NC(=O)c1ccc([N+](=O)[O-])cc1)c1ccc(F)cc1. The molecule has 2 aromatic rings. The average molecular weight is 301 g/mol. The molecule has 0 saturated heterocycles. The summed E-state index contributed by atoms with van der Waals surface area (Å²) in [6, 6.07) is 10.9. The number of rotatable bonds is 4. The molecule has 0 aliphatic heterocycles. The van der Waals surface area contributed by atoms with Gasteiger partial charge in [-0.25, -0.2) is 9.82 Å². The van der Waals surface area contributed by atoms with Gasteiger partial charge in [0.05, 0.1) is 10.6 Å². The van der Waals surface area contributed by atoms with Gasteiger partial charge in [0.25, 0.3) is 11.6 Å². The van der Waals surface area contributed by atoms with E-state index in [-0.39, 0.29) is 17.1 Å². The van der Waals surface area contributed by atoms with Crippen LogP contribution in [0.15, 0.2) is 53.6 Å². The number of nitro groups is 1. The molecule has 2 aromatic carbocycles. The van der Waals surface area contributed by atoms with Crippen molar-refractivity contribution >= 4 is 17.3 Å². The molecular formula is C15H12FN3O3. The Morgan fingerprint density at radius 1 is 1.09 bits per heavy atom. The first-order valence-corrected chi connectivity index (χ1v) is 6.32. The van der Waals surface area contributed by atoms with Gasteiger partial charge in [0.15, 0.2) is 0 Å². The number of nitro benzene ring substituents is 1. The van der Waals surface area contributed by atoms with Crippen LogP contribution in [-0.2, 0) is 0 Å². The van der Waals surface area contributed by atoms with E-state index in [0.717, 1.165) is 0 Å². The molecule has 0 saturated carbocycles. The van der Waals surface area contributed by atoms with E-state index in [0.29, 0.717) is 11.3 Å². The summed E-state index contributed by atoms with van der Waals surface area (Å²) in [6.45, 7) is 1.67. The van der Waals surface area contributed by atoms with Gasteiger partial charge in [0.2, 0.25) is 0 Å². The molecule has 0 aliphatic rings. The lowest BCUT2D eigenvalue weighted by Crippen LogP contribution is -2.19. The van der Waals surface area contributed by atoms with Crippen LogP contribution in [0.1, 0.15) is 22.8 Å². The molecule has 0 heterocycles. The van der Waals surface area contributed by atoms with E-state index in [9.17, 15) is 19.3 Å². The number of hydrogen-bond donors (Lipinski definition) is 1. The van der Waals surface area contributed by atoms with Crippen LogP contribution in [0.25, 0.3) is 0 Å². The molecule has 0 fully saturated rings. The van der Waals surface area contributed by atoms with E-state index in [1.807, 2.05) is 0 Å². The van der Waals surface area contributed by atoms with Crippen molar-refractivity contribution < 1.29 is 14.1 Å². The van der Waals surface area contributed by atoms with Gasteiger partial charge in [-0.05, 0) is 36.8 Å². The fourth-order valence-corrected chi connectivity index (χ4v) is 1.69. The predicted molar refractivity (Wildman–Crippen MR) is 79.2 cm³/mol. The molecule has 6 nitrogen and oxygen atoms in total. The van der Waals surface area contributed by atoms with E-state index >= 15 is 0 Å². The second-order valence-corrected chi connectivity index (χ2v) is 4.45. The zero-order valence-electron chi connectivity index (χ0n) is 11.6. The van der Waals surface area contributed by atoms with E-state index in [1.165, 1.54) is 36.4 Å². The number of nitrogens with zero attached hydrogens (tertiary/aromatic N) is 2. The van der Waals surface area contributed by atoms with Crippen molar-refractivity contribution in [3.63, 3.8) is 0 Å². The van der Waals surface area contributed by atoms with E-state index in [1.54, 1.807) is 19.1 Å². The van der Waals surface area contributed by atoms with Crippen molar-refractivity contribution in [1.82, 2.24) is 5.43 Å². The zero-order chi connectivity index (χ0) is 16.1. The first-order chi connectivity index (χ1) is 10.5. The Hall–Kier alpha value is -3.09. The number of benzene rings is 2. The Labute approximate surface area is 125 Å². The third-order valence-electron chi connectivity index (χ3n) is 2.93. The molecular weight excluding hydrogens is 289 g/mol. The van der Waals surface area contributed by atoms with Crippen LogP contribution in [0.4, 0.5) is 10.1 Å². The first kappa shape index (κ1) is 15.3. The van der Waals surface area contributed by atoms with Gasteiger partial charge >= 0.3 is 0 Å². The van der Waals surface area contributed by atoms with Gasteiger partial charge < -0.3 is 0 Å². The Morgan fingerprint density at radius 2 is 1.64 bits per heavy atom. The average Bonchev–Trinajstić information content (AvgIpc) is 2.53. The molecule has 7 heteroatoms. The lowest BCUT2D eigenvalue weighted by Gasteiger charge is -2.03. The highest BCUT2D eigenvalue weighted by atomic mass is 19.1. The minimum Gasteiger partial charge on any atom is -0.267 e. The standard InChI is InChI=1S/C15H12FN3O3/c1-10(11-2-6-13(16)7-3-11)17-18-15(20)12-4-8-14(9-5-12)19(21)22/h2-9H,1H3,(H,18,20)/b17-10-. The minimum atomic E-state index is -0.543. The largest absolute Gasteiger partial charge is 0.271 e. The number of hydrogen-bond acceptors (Lipinski definition) is 4. The van der Waals surface area contributed by atoms with Gasteiger partial charge in [-0.1, -0.05) is 12.1 Å². The molecule has 0 radical (unpaired) electrons. The molecule has 112 valence electrons. The Bertz CT molecular complexity index is 725. The summed E-state index contributed by atoms with van der Waals surface area (Å²) in [4.78, 5) is 21.9. The lowest BCUT2D eigenvalue weighted by molar-refractivity contribution is -0.384. The Kier molecular flexibility index (Phi) is 4.57. The number of amides is 1. The molecule has 22 heavy (non-hydrogen) atoms. The first-order valence-electron chi connectivity index (χ1n) is 6.32. The van der Waals surface area contributed by atoms with Gasteiger partial charge in [0.1, 0.15) is 5.82 Å². The maximum absolute atomic E-state index is 12.8. The van der Waals surface area contributed by atoms with Crippen molar-refractivity contribution in [2.75, 3.05) is 0 Å². The number of halogens is 1. The van der Waals surface area contributed by atoms with Crippen LogP contribution in [0.2, 0.25) is 0 Å². The minimum absolute atomic E-state index is 0.0949. The molecule has 1 amide bonds. The summed E-state index contributed by atoms with van der Waals surface area (Å²) in [5, 5.41) is 14.5. The second-order valence-electron chi connectivity index (χ2n) is 4.45. The van der Waals surface area contributed by atoms with Gasteiger partial charge in [-0.15, -0.1) is 0 Å². The van der Waals surface area contributed by atoms with E-state index in [4.69, 9.17) is 0 Å². The van der Waals surface area contributed by atoms with Crippen LogP contribution >= 0.6 is 0 Å². The molecule has 0 spiro atoms. The molecule has 0 atom stereocenters. The summed E-state index contributed by atoms with van der Waals surface area (Å²) in [5.74, 6) is -0.845. The van der Waals surface area contributed by atoms with Crippen LogP contribution in [-0.4, -0.2) is 16.5 Å². The number of carbonyl (C=O) groups is 1. The summed E-state index contributed by atoms with van der Waals surface area (Å²) < 4.78 is 12.8. The highest BCUT2D eigenvalue weighted by Crippen LogP contribution is 2.11. The third kappa shape index (κ3) is 3.72. The predicted octanol–water partition coefficient (Wildman–Crippen LogP) is 2.89. The summed E-state index contributed by atoms with van der Waals surface area (Å²) in [7, 11) is 0. The summed E-state index contributed by atoms with van der Waals surface area (Å²) >= 11 is 0. The second kappa shape index (κ2) is 6.57. The van der Waals surface area contributed by atoms with Crippen LogP contribution < -0.4 is 5.43 Å². The molecule has 0 unspecified atom stereocenters.